The van der Waals surface area contributed by atoms with Crippen molar-refractivity contribution in [3.63, 3.8) is 0 Å². The predicted octanol–water partition coefficient (Wildman–Crippen LogP) is 3.83. The Balaban J connectivity index is 2.03. The van der Waals surface area contributed by atoms with E-state index in [9.17, 15) is 8.78 Å². The van der Waals surface area contributed by atoms with Crippen LogP contribution in [0.4, 0.5) is 8.78 Å². The maximum absolute atomic E-state index is 12.3. The van der Waals surface area contributed by atoms with Crippen molar-refractivity contribution < 1.29 is 13.5 Å². The van der Waals surface area contributed by atoms with E-state index in [-0.39, 0.29) is 5.75 Å². The third-order valence-corrected chi connectivity index (χ3v) is 3.53. The highest BCUT2D eigenvalue weighted by Gasteiger charge is 2.45. The molecule has 0 amide bonds. The Morgan fingerprint density at radius 3 is 2.72 bits per heavy atom. The molecule has 0 aliphatic heterocycles. The van der Waals surface area contributed by atoms with Crippen LogP contribution in [-0.4, -0.2) is 12.7 Å². The smallest absolute Gasteiger partial charge is 0.387 e. The molecule has 100 valence electrons. The van der Waals surface area contributed by atoms with Gasteiger partial charge in [-0.3, -0.25) is 0 Å². The van der Waals surface area contributed by atoms with Crippen molar-refractivity contribution in [2.24, 2.45) is 5.41 Å². The molecule has 1 atom stereocenters. The average molecular weight is 276 g/mol. The van der Waals surface area contributed by atoms with Gasteiger partial charge in [0.15, 0.2) is 0 Å². The van der Waals surface area contributed by atoms with Gasteiger partial charge < -0.3 is 10.1 Å². The first-order valence-electron chi connectivity index (χ1n) is 5.85. The van der Waals surface area contributed by atoms with Crippen LogP contribution in [0.2, 0.25) is 5.02 Å². The standard InChI is InChI=1S/C13H16ClF2NO/c1-13(2)6-11(13)17-7-8-5-9(14)3-4-10(8)18-12(15)16/h3-5,11-12,17H,6-7H2,1-2H3. The fraction of sp³-hybridized carbons (Fsp3) is 0.538. The SMILES string of the molecule is CC1(C)CC1NCc1cc(Cl)ccc1OC(F)F. The van der Waals surface area contributed by atoms with Gasteiger partial charge in [0.25, 0.3) is 0 Å². The van der Waals surface area contributed by atoms with Crippen LogP contribution >= 0.6 is 11.6 Å². The third kappa shape index (κ3) is 3.33. The summed E-state index contributed by atoms with van der Waals surface area (Å²) in [5.41, 5.74) is 0.952. The monoisotopic (exact) mass is 275 g/mol. The van der Waals surface area contributed by atoms with Crippen LogP contribution in [0.25, 0.3) is 0 Å². The van der Waals surface area contributed by atoms with Gasteiger partial charge in [-0.15, -0.1) is 0 Å². The lowest BCUT2D eigenvalue weighted by atomic mass is 10.1. The number of halogens is 3. The molecule has 5 heteroatoms. The summed E-state index contributed by atoms with van der Waals surface area (Å²) in [4.78, 5) is 0. The van der Waals surface area contributed by atoms with Gasteiger partial charge in [0.05, 0.1) is 0 Å². The van der Waals surface area contributed by atoms with Gasteiger partial charge in [0, 0.05) is 23.2 Å². The van der Waals surface area contributed by atoms with Crippen molar-refractivity contribution in [3.8, 4) is 5.75 Å². The van der Waals surface area contributed by atoms with E-state index in [0.29, 0.717) is 28.6 Å². The average Bonchev–Trinajstić information content (AvgIpc) is 2.86. The van der Waals surface area contributed by atoms with Gasteiger partial charge in [-0.2, -0.15) is 8.78 Å². The molecule has 1 aliphatic rings. The van der Waals surface area contributed by atoms with Crippen LogP contribution in [0.3, 0.4) is 0 Å². The Labute approximate surface area is 110 Å². The number of rotatable bonds is 5. The van der Waals surface area contributed by atoms with Crippen molar-refractivity contribution in [1.82, 2.24) is 5.32 Å². The molecule has 1 aromatic rings. The number of ether oxygens (including phenoxy) is 1. The van der Waals surface area contributed by atoms with E-state index in [1.165, 1.54) is 6.07 Å². The van der Waals surface area contributed by atoms with E-state index >= 15 is 0 Å². The molecule has 2 rings (SSSR count). The Morgan fingerprint density at radius 2 is 2.17 bits per heavy atom. The normalized spacial score (nSPS) is 21.1. The molecule has 0 heterocycles. The molecule has 0 radical (unpaired) electrons. The van der Waals surface area contributed by atoms with Crippen molar-refractivity contribution in [2.45, 2.75) is 39.5 Å². The molecule has 1 saturated carbocycles. The molecule has 1 unspecified atom stereocenters. The second-order valence-electron chi connectivity index (χ2n) is 5.26. The second-order valence-corrected chi connectivity index (χ2v) is 5.69. The lowest BCUT2D eigenvalue weighted by molar-refractivity contribution is -0.0505. The number of hydrogen-bond acceptors (Lipinski definition) is 2. The van der Waals surface area contributed by atoms with Crippen molar-refractivity contribution in [2.75, 3.05) is 0 Å². The maximum Gasteiger partial charge on any atom is 0.387 e. The first-order valence-corrected chi connectivity index (χ1v) is 6.23. The summed E-state index contributed by atoms with van der Waals surface area (Å²) in [7, 11) is 0. The minimum absolute atomic E-state index is 0.181. The predicted molar refractivity (Wildman–Crippen MR) is 67.1 cm³/mol. The third-order valence-electron chi connectivity index (χ3n) is 3.29. The Kier molecular flexibility index (Phi) is 3.78. The van der Waals surface area contributed by atoms with Crippen molar-refractivity contribution >= 4 is 11.6 Å². The summed E-state index contributed by atoms with van der Waals surface area (Å²) in [6.45, 7) is 2.00. The van der Waals surface area contributed by atoms with Crippen LogP contribution in [0, 0.1) is 5.41 Å². The van der Waals surface area contributed by atoms with Crippen LogP contribution in [0.1, 0.15) is 25.8 Å². The lowest BCUT2D eigenvalue weighted by Crippen LogP contribution is -2.20. The summed E-state index contributed by atoms with van der Waals surface area (Å²) in [5.74, 6) is 0.181. The second kappa shape index (κ2) is 5.02. The molecule has 1 fully saturated rings. The van der Waals surface area contributed by atoms with E-state index in [2.05, 4.69) is 23.9 Å². The van der Waals surface area contributed by atoms with Crippen LogP contribution in [-0.2, 0) is 6.54 Å². The van der Waals surface area contributed by atoms with Crippen molar-refractivity contribution in [3.05, 3.63) is 28.8 Å². The molecule has 0 spiro atoms. The molecule has 0 bridgehead atoms. The summed E-state index contributed by atoms with van der Waals surface area (Å²) < 4.78 is 29.0. The molecular weight excluding hydrogens is 260 g/mol. The zero-order chi connectivity index (χ0) is 13.3. The van der Waals surface area contributed by atoms with E-state index in [4.69, 9.17) is 11.6 Å². The fourth-order valence-electron chi connectivity index (χ4n) is 1.95. The van der Waals surface area contributed by atoms with E-state index in [1.807, 2.05) is 0 Å². The van der Waals surface area contributed by atoms with Crippen molar-refractivity contribution in [1.29, 1.82) is 0 Å². The Bertz CT molecular complexity index is 437. The lowest BCUT2D eigenvalue weighted by Gasteiger charge is -2.12. The van der Waals surface area contributed by atoms with Gasteiger partial charge in [0.1, 0.15) is 5.75 Å². The zero-order valence-corrected chi connectivity index (χ0v) is 11.1. The van der Waals surface area contributed by atoms with E-state index in [0.717, 1.165) is 6.42 Å². The quantitative estimate of drug-likeness (QED) is 0.882. The minimum atomic E-state index is -2.82. The molecule has 0 saturated heterocycles. The van der Waals surface area contributed by atoms with Gasteiger partial charge in [-0.25, -0.2) is 0 Å². The van der Waals surface area contributed by atoms with Gasteiger partial charge in [-0.1, -0.05) is 25.4 Å². The summed E-state index contributed by atoms with van der Waals surface area (Å²) >= 11 is 5.87. The van der Waals surface area contributed by atoms with Gasteiger partial charge >= 0.3 is 6.61 Å². The molecule has 1 aliphatic carbocycles. The molecule has 1 N–H and O–H groups in total. The minimum Gasteiger partial charge on any atom is -0.434 e. The fourth-order valence-corrected chi connectivity index (χ4v) is 2.14. The topological polar surface area (TPSA) is 21.3 Å². The van der Waals surface area contributed by atoms with Gasteiger partial charge in [-0.05, 0) is 30.0 Å². The first-order chi connectivity index (χ1) is 8.38. The highest BCUT2D eigenvalue weighted by molar-refractivity contribution is 6.30. The van der Waals surface area contributed by atoms with E-state index in [1.54, 1.807) is 12.1 Å². The molecule has 18 heavy (non-hydrogen) atoms. The number of hydrogen-bond donors (Lipinski definition) is 1. The van der Waals surface area contributed by atoms with E-state index < -0.39 is 6.61 Å². The Hall–Kier alpha value is -0.870. The summed E-state index contributed by atoms with van der Waals surface area (Å²) in [6, 6.07) is 5.10. The first kappa shape index (κ1) is 13.6. The van der Waals surface area contributed by atoms with Gasteiger partial charge in [0.2, 0.25) is 0 Å². The highest BCUT2D eigenvalue weighted by Crippen LogP contribution is 2.44. The number of nitrogens with one attached hydrogen (secondary N) is 1. The van der Waals surface area contributed by atoms with Crippen LogP contribution in [0.5, 0.6) is 5.75 Å². The Morgan fingerprint density at radius 1 is 1.50 bits per heavy atom. The largest absolute Gasteiger partial charge is 0.434 e. The maximum atomic E-state index is 12.3. The number of alkyl halides is 2. The van der Waals surface area contributed by atoms with Crippen LogP contribution in [0.15, 0.2) is 18.2 Å². The molecule has 2 nitrogen and oxygen atoms in total. The van der Waals surface area contributed by atoms with Crippen LogP contribution < -0.4 is 10.1 Å². The zero-order valence-electron chi connectivity index (χ0n) is 10.3. The molecule has 0 aromatic heterocycles. The number of benzene rings is 1. The summed E-state index contributed by atoms with van der Waals surface area (Å²) in [6.07, 6.45) is 1.10. The molecule has 1 aromatic carbocycles. The highest BCUT2D eigenvalue weighted by atomic mass is 35.5. The summed E-state index contributed by atoms with van der Waals surface area (Å²) in [5, 5.41) is 3.84. The molecular formula is C13H16ClF2NO.